The number of piperidine rings is 1. The van der Waals surface area contributed by atoms with Crippen molar-refractivity contribution < 1.29 is 9.52 Å². The van der Waals surface area contributed by atoms with Crippen molar-refractivity contribution in [1.82, 2.24) is 4.90 Å². The van der Waals surface area contributed by atoms with Crippen LogP contribution in [0.25, 0.3) is 11.0 Å². The van der Waals surface area contributed by atoms with E-state index in [1.54, 1.807) is 6.07 Å². The Kier molecular flexibility index (Phi) is 2.10. The fraction of sp³-hybridized carbons (Fsp3) is 0.556. The van der Waals surface area contributed by atoms with Crippen LogP contribution in [0.2, 0.25) is 0 Å². The van der Waals surface area contributed by atoms with Crippen LogP contribution in [0, 0.1) is 11.3 Å². The van der Waals surface area contributed by atoms with Crippen molar-refractivity contribution >= 4 is 11.0 Å². The third kappa shape index (κ3) is 1.38. The Morgan fingerprint density at radius 1 is 1.33 bits per heavy atom. The van der Waals surface area contributed by atoms with E-state index in [0.717, 1.165) is 29.9 Å². The van der Waals surface area contributed by atoms with Gasteiger partial charge in [-0.25, -0.2) is 0 Å². The van der Waals surface area contributed by atoms with Gasteiger partial charge in [-0.1, -0.05) is 13.8 Å². The predicted octanol–water partition coefficient (Wildman–Crippen LogP) is 3.51. The molecule has 1 N–H and O–H groups in total. The lowest BCUT2D eigenvalue weighted by molar-refractivity contribution is 0.168. The minimum atomic E-state index is 0.336. The first-order valence-electron chi connectivity index (χ1n) is 8.04. The van der Waals surface area contributed by atoms with Crippen molar-refractivity contribution in [3.8, 4) is 5.75 Å². The van der Waals surface area contributed by atoms with E-state index in [1.807, 2.05) is 12.1 Å². The molecule has 2 aromatic rings. The quantitative estimate of drug-likeness (QED) is 0.804. The number of nitrogens with zero attached hydrogens (tertiary/aromatic N) is 1. The van der Waals surface area contributed by atoms with Gasteiger partial charge < -0.3 is 9.52 Å². The highest BCUT2D eigenvalue weighted by atomic mass is 16.3. The van der Waals surface area contributed by atoms with E-state index in [4.69, 9.17) is 4.42 Å². The molecule has 3 heterocycles. The molecule has 110 valence electrons. The van der Waals surface area contributed by atoms with Gasteiger partial charge >= 0.3 is 0 Å². The summed E-state index contributed by atoms with van der Waals surface area (Å²) >= 11 is 0. The van der Waals surface area contributed by atoms with Gasteiger partial charge in [-0.3, -0.25) is 4.90 Å². The third-order valence-corrected chi connectivity index (χ3v) is 6.37. The molecule has 21 heavy (non-hydrogen) atoms. The van der Waals surface area contributed by atoms with Gasteiger partial charge in [0.25, 0.3) is 0 Å². The molecule has 1 aromatic carbocycles. The molecule has 0 spiro atoms. The molecule has 1 aromatic heterocycles. The summed E-state index contributed by atoms with van der Waals surface area (Å²) in [5.74, 6) is 2.87. The molecular formula is C18H21NO2. The van der Waals surface area contributed by atoms with E-state index in [0.29, 0.717) is 23.1 Å². The molecule has 2 aliphatic heterocycles. The van der Waals surface area contributed by atoms with Gasteiger partial charge in [0.15, 0.2) is 0 Å². The largest absolute Gasteiger partial charge is 0.508 e. The standard InChI is InChI=1S/C18H21NO2/c1-18(2)10-7-14-16-12(5-6-19(9-10)17(14)18)13-8-11(20)3-4-15(13)21-16/h3-4,8,10,14,17,20H,5-7,9H2,1-2H3. The summed E-state index contributed by atoms with van der Waals surface area (Å²) in [5, 5.41) is 10.9. The smallest absolute Gasteiger partial charge is 0.134 e. The van der Waals surface area contributed by atoms with E-state index in [2.05, 4.69) is 18.7 Å². The maximum Gasteiger partial charge on any atom is 0.134 e. The lowest BCUT2D eigenvalue weighted by atomic mass is 9.82. The van der Waals surface area contributed by atoms with Gasteiger partial charge in [0.05, 0.1) is 0 Å². The van der Waals surface area contributed by atoms with Crippen molar-refractivity contribution in [3.63, 3.8) is 0 Å². The lowest BCUT2D eigenvalue weighted by Gasteiger charge is -2.32. The molecule has 2 bridgehead atoms. The van der Waals surface area contributed by atoms with Crippen LogP contribution >= 0.6 is 0 Å². The first-order chi connectivity index (χ1) is 10.1. The molecule has 3 aliphatic rings. The molecule has 2 fully saturated rings. The molecule has 1 saturated carbocycles. The van der Waals surface area contributed by atoms with Crippen molar-refractivity contribution in [2.75, 3.05) is 13.1 Å². The zero-order chi connectivity index (χ0) is 14.4. The van der Waals surface area contributed by atoms with Gasteiger partial charge in [0, 0.05) is 36.0 Å². The van der Waals surface area contributed by atoms with Crippen molar-refractivity contribution in [2.45, 2.75) is 38.6 Å². The predicted molar refractivity (Wildman–Crippen MR) is 81.6 cm³/mol. The molecule has 0 radical (unpaired) electrons. The summed E-state index contributed by atoms with van der Waals surface area (Å²) in [5.41, 5.74) is 2.68. The molecule has 0 amide bonds. The summed E-state index contributed by atoms with van der Waals surface area (Å²) in [6, 6.07) is 6.13. The molecule has 3 atom stereocenters. The minimum Gasteiger partial charge on any atom is -0.508 e. The maximum atomic E-state index is 9.80. The summed E-state index contributed by atoms with van der Waals surface area (Å²) in [6.45, 7) is 7.24. The highest BCUT2D eigenvalue weighted by Crippen LogP contribution is 2.59. The zero-order valence-electron chi connectivity index (χ0n) is 12.6. The first-order valence-corrected chi connectivity index (χ1v) is 8.04. The Bertz CT molecular complexity index is 745. The second-order valence-corrected chi connectivity index (χ2v) is 7.68. The van der Waals surface area contributed by atoms with Crippen molar-refractivity contribution in [1.29, 1.82) is 0 Å². The van der Waals surface area contributed by atoms with Crippen LogP contribution in [0.1, 0.15) is 37.5 Å². The summed E-state index contributed by atoms with van der Waals surface area (Å²) in [6.07, 6.45) is 2.30. The summed E-state index contributed by atoms with van der Waals surface area (Å²) in [7, 11) is 0. The van der Waals surface area contributed by atoms with Gasteiger partial charge in [-0.05, 0) is 42.4 Å². The van der Waals surface area contributed by atoms with E-state index < -0.39 is 0 Å². The molecule has 3 heteroatoms. The normalized spacial score (nSPS) is 33.3. The minimum absolute atomic E-state index is 0.336. The Morgan fingerprint density at radius 3 is 3.00 bits per heavy atom. The summed E-state index contributed by atoms with van der Waals surface area (Å²) in [4.78, 5) is 2.68. The second kappa shape index (κ2) is 3.64. The number of hydrogen-bond donors (Lipinski definition) is 1. The molecule has 3 nitrogen and oxygen atoms in total. The topological polar surface area (TPSA) is 36.6 Å². The number of hydrogen-bond acceptors (Lipinski definition) is 3. The van der Waals surface area contributed by atoms with Crippen LogP contribution in [0.3, 0.4) is 0 Å². The first kappa shape index (κ1) is 12.1. The van der Waals surface area contributed by atoms with Crippen molar-refractivity contribution in [2.24, 2.45) is 11.3 Å². The number of phenolic OH excluding ortho intramolecular Hbond substituents is 1. The highest BCUT2D eigenvalue weighted by molar-refractivity contribution is 5.84. The van der Waals surface area contributed by atoms with E-state index in [-0.39, 0.29) is 0 Å². The van der Waals surface area contributed by atoms with Crippen LogP contribution in [0.5, 0.6) is 5.75 Å². The van der Waals surface area contributed by atoms with Crippen LogP contribution in [-0.2, 0) is 6.42 Å². The van der Waals surface area contributed by atoms with Crippen LogP contribution < -0.4 is 0 Å². The molecule has 1 saturated heterocycles. The lowest BCUT2D eigenvalue weighted by Crippen LogP contribution is -2.39. The van der Waals surface area contributed by atoms with Crippen LogP contribution in [0.15, 0.2) is 22.6 Å². The number of fused-ring (bicyclic) bond motifs is 5. The number of phenols is 1. The molecule has 3 unspecified atom stereocenters. The number of aromatic hydroxyl groups is 1. The van der Waals surface area contributed by atoms with Crippen LogP contribution in [0.4, 0.5) is 0 Å². The average Bonchev–Trinajstić information content (AvgIpc) is 2.98. The van der Waals surface area contributed by atoms with E-state index in [1.165, 1.54) is 24.3 Å². The van der Waals surface area contributed by atoms with Gasteiger partial charge in [-0.2, -0.15) is 0 Å². The summed E-state index contributed by atoms with van der Waals surface area (Å²) < 4.78 is 6.26. The van der Waals surface area contributed by atoms with Crippen LogP contribution in [-0.4, -0.2) is 29.1 Å². The number of furan rings is 1. The van der Waals surface area contributed by atoms with Gasteiger partial charge in [-0.15, -0.1) is 0 Å². The Labute approximate surface area is 124 Å². The average molecular weight is 283 g/mol. The van der Waals surface area contributed by atoms with E-state index in [9.17, 15) is 5.11 Å². The Morgan fingerprint density at radius 2 is 2.19 bits per heavy atom. The van der Waals surface area contributed by atoms with Gasteiger partial charge in [0.1, 0.15) is 17.1 Å². The van der Waals surface area contributed by atoms with Crippen molar-refractivity contribution in [3.05, 3.63) is 29.5 Å². The fourth-order valence-corrected chi connectivity index (χ4v) is 5.38. The monoisotopic (exact) mass is 283 g/mol. The Hall–Kier alpha value is -1.48. The fourth-order valence-electron chi connectivity index (χ4n) is 5.38. The SMILES string of the molecule is CC1(C)C2CC3c4oc5ccc(O)cc5c4CCN(C2)C31. The number of rotatable bonds is 0. The highest BCUT2D eigenvalue weighted by Gasteiger charge is 2.59. The van der Waals surface area contributed by atoms with E-state index >= 15 is 0 Å². The molecule has 1 aliphatic carbocycles. The van der Waals surface area contributed by atoms with Gasteiger partial charge in [0.2, 0.25) is 0 Å². The second-order valence-electron chi connectivity index (χ2n) is 7.68. The Balaban J connectivity index is 1.73. The maximum absolute atomic E-state index is 9.80. The zero-order valence-corrected chi connectivity index (χ0v) is 12.6. The molecule has 5 rings (SSSR count). The third-order valence-electron chi connectivity index (χ3n) is 6.37. The number of benzene rings is 1. The molecular weight excluding hydrogens is 262 g/mol.